The Hall–Kier alpha value is -2.37. The number of anilines is 1. The largest absolute Gasteiger partial charge is 0.417 e. The lowest BCUT2D eigenvalue weighted by Gasteiger charge is -2.11. The quantitative estimate of drug-likeness (QED) is 0.594. The Morgan fingerprint density at radius 2 is 2.00 bits per heavy atom. The molecule has 0 bridgehead atoms. The first-order valence-corrected chi connectivity index (χ1v) is 8.47. The van der Waals surface area contributed by atoms with E-state index in [2.05, 4.69) is 20.4 Å². The molecular formula is C13H9ClF3N5O2S. The van der Waals surface area contributed by atoms with Crippen LogP contribution in [0.4, 0.5) is 19.0 Å². The number of aromatic nitrogens is 3. The van der Waals surface area contributed by atoms with Gasteiger partial charge in [0.1, 0.15) is 10.5 Å². The van der Waals surface area contributed by atoms with Gasteiger partial charge in [-0.05, 0) is 18.2 Å². The molecule has 25 heavy (non-hydrogen) atoms. The summed E-state index contributed by atoms with van der Waals surface area (Å²) in [5.74, 6) is -0.267. The number of aromatic amines is 1. The van der Waals surface area contributed by atoms with Crippen LogP contribution in [0.15, 0.2) is 41.7 Å². The third kappa shape index (κ3) is 3.52. The van der Waals surface area contributed by atoms with Gasteiger partial charge < -0.3 is 4.98 Å². The summed E-state index contributed by atoms with van der Waals surface area (Å²) >= 11 is 5.71. The number of H-pyrrole nitrogens is 1. The predicted octanol–water partition coefficient (Wildman–Crippen LogP) is 2.94. The molecule has 0 unspecified atom stereocenters. The number of fused-ring (bicyclic) bond motifs is 1. The molecule has 0 aliphatic heterocycles. The first-order valence-electron chi connectivity index (χ1n) is 6.61. The molecule has 0 fully saturated rings. The summed E-state index contributed by atoms with van der Waals surface area (Å²) in [4.78, 5) is 12.1. The predicted molar refractivity (Wildman–Crippen MR) is 84.3 cm³/mol. The van der Waals surface area contributed by atoms with Crippen molar-refractivity contribution in [2.75, 3.05) is 5.43 Å². The topological polar surface area (TPSA) is 99.8 Å². The number of hydrogen-bond acceptors (Lipinski definition) is 5. The van der Waals surface area contributed by atoms with Crippen molar-refractivity contribution in [3.63, 3.8) is 0 Å². The minimum atomic E-state index is -4.61. The zero-order valence-corrected chi connectivity index (χ0v) is 13.7. The molecule has 0 aliphatic carbocycles. The van der Waals surface area contributed by atoms with Crippen LogP contribution < -0.4 is 10.3 Å². The number of hydrazine groups is 1. The van der Waals surface area contributed by atoms with Gasteiger partial charge in [0.15, 0.2) is 5.82 Å². The molecule has 132 valence electrons. The van der Waals surface area contributed by atoms with E-state index in [1.54, 1.807) is 12.1 Å². The van der Waals surface area contributed by atoms with Crippen LogP contribution in [0.25, 0.3) is 11.0 Å². The van der Waals surface area contributed by atoms with E-state index >= 15 is 0 Å². The molecule has 0 saturated carbocycles. The van der Waals surface area contributed by atoms with Crippen molar-refractivity contribution in [2.24, 2.45) is 0 Å². The van der Waals surface area contributed by atoms with Crippen LogP contribution in [0.3, 0.4) is 0 Å². The number of nitrogens with one attached hydrogen (secondary N) is 3. The molecule has 0 aliphatic rings. The molecule has 3 aromatic rings. The van der Waals surface area contributed by atoms with Gasteiger partial charge in [0.2, 0.25) is 0 Å². The first-order chi connectivity index (χ1) is 11.7. The second kappa shape index (κ2) is 6.17. The van der Waals surface area contributed by atoms with Crippen molar-refractivity contribution in [1.29, 1.82) is 0 Å². The third-order valence-electron chi connectivity index (χ3n) is 3.17. The van der Waals surface area contributed by atoms with Crippen LogP contribution in [-0.4, -0.2) is 23.4 Å². The average Bonchev–Trinajstić information content (AvgIpc) is 2.97. The van der Waals surface area contributed by atoms with Gasteiger partial charge in [-0.2, -0.15) is 13.2 Å². The highest BCUT2D eigenvalue weighted by molar-refractivity contribution is 7.89. The van der Waals surface area contributed by atoms with Crippen LogP contribution in [0, 0.1) is 0 Å². The van der Waals surface area contributed by atoms with Gasteiger partial charge in [-0.15, -0.1) is 4.83 Å². The van der Waals surface area contributed by atoms with Crippen LogP contribution in [0.1, 0.15) is 5.56 Å². The molecule has 0 amide bonds. The zero-order chi connectivity index (χ0) is 18.2. The SMILES string of the molecule is O=S(=O)(NNc1ncc(C(F)(F)F)cc1Cl)c1c[nH]c2ncccc12. The highest BCUT2D eigenvalue weighted by Crippen LogP contribution is 2.32. The second-order valence-electron chi connectivity index (χ2n) is 4.84. The number of hydrogen-bond donors (Lipinski definition) is 3. The monoisotopic (exact) mass is 391 g/mol. The number of halogens is 4. The Balaban J connectivity index is 1.83. The fraction of sp³-hybridized carbons (Fsp3) is 0.0769. The van der Waals surface area contributed by atoms with E-state index in [0.29, 0.717) is 23.3 Å². The zero-order valence-electron chi connectivity index (χ0n) is 12.1. The number of nitrogens with zero attached hydrogens (tertiary/aromatic N) is 2. The minimum Gasteiger partial charge on any atom is -0.345 e. The molecule has 3 N–H and O–H groups in total. The van der Waals surface area contributed by atoms with Crippen molar-refractivity contribution in [3.05, 3.63) is 47.4 Å². The highest BCUT2D eigenvalue weighted by atomic mass is 35.5. The number of rotatable bonds is 4. The van der Waals surface area contributed by atoms with Gasteiger partial charge >= 0.3 is 6.18 Å². The van der Waals surface area contributed by atoms with Gasteiger partial charge in [-0.3, -0.25) is 5.43 Å². The lowest BCUT2D eigenvalue weighted by molar-refractivity contribution is -0.137. The highest BCUT2D eigenvalue weighted by Gasteiger charge is 2.31. The lowest BCUT2D eigenvalue weighted by atomic mass is 10.3. The molecule has 3 rings (SSSR count). The van der Waals surface area contributed by atoms with Gasteiger partial charge in [0.25, 0.3) is 10.0 Å². The number of alkyl halides is 3. The molecule has 3 aromatic heterocycles. The van der Waals surface area contributed by atoms with Crippen molar-refractivity contribution in [2.45, 2.75) is 11.1 Å². The van der Waals surface area contributed by atoms with Crippen LogP contribution in [0.2, 0.25) is 5.02 Å². The summed E-state index contributed by atoms with van der Waals surface area (Å²) in [5, 5.41) is -0.0404. The van der Waals surface area contributed by atoms with E-state index in [9.17, 15) is 21.6 Å². The Labute approximate surface area is 144 Å². The van der Waals surface area contributed by atoms with E-state index in [1.165, 1.54) is 12.4 Å². The van der Waals surface area contributed by atoms with E-state index in [0.717, 1.165) is 0 Å². The van der Waals surface area contributed by atoms with E-state index in [1.807, 2.05) is 4.83 Å². The second-order valence-corrected chi connectivity index (χ2v) is 6.89. The smallest absolute Gasteiger partial charge is 0.345 e. The third-order valence-corrected chi connectivity index (χ3v) is 4.75. The van der Waals surface area contributed by atoms with Crippen molar-refractivity contribution in [3.8, 4) is 0 Å². The van der Waals surface area contributed by atoms with Crippen LogP contribution >= 0.6 is 11.6 Å². The summed E-state index contributed by atoms with van der Waals surface area (Å²) in [5.41, 5.74) is 1.52. The Kier molecular flexibility index (Phi) is 4.31. The van der Waals surface area contributed by atoms with E-state index in [4.69, 9.17) is 11.6 Å². The van der Waals surface area contributed by atoms with Crippen molar-refractivity contribution < 1.29 is 21.6 Å². The molecule has 0 radical (unpaired) electrons. The van der Waals surface area contributed by atoms with Gasteiger partial charge in [0, 0.05) is 24.0 Å². The summed E-state index contributed by atoms with van der Waals surface area (Å²) < 4.78 is 62.4. The summed E-state index contributed by atoms with van der Waals surface area (Å²) in [6.45, 7) is 0. The molecule has 12 heteroatoms. The number of pyridine rings is 2. The van der Waals surface area contributed by atoms with Crippen LogP contribution in [-0.2, 0) is 16.2 Å². The first kappa shape index (κ1) is 17.5. The van der Waals surface area contributed by atoms with E-state index in [-0.39, 0.29) is 10.7 Å². The molecule has 0 aromatic carbocycles. The van der Waals surface area contributed by atoms with Crippen molar-refractivity contribution in [1.82, 2.24) is 19.8 Å². The molecule has 0 spiro atoms. The fourth-order valence-electron chi connectivity index (χ4n) is 2.01. The Bertz CT molecular complexity index is 1040. The maximum Gasteiger partial charge on any atom is 0.417 e. The Morgan fingerprint density at radius 1 is 1.24 bits per heavy atom. The van der Waals surface area contributed by atoms with E-state index < -0.39 is 26.8 Å². The average molecular weight is 392 g/mol. The maximum absolute atomic E-state index is 12.6. The van der Waals surface area contributed by atoms with Crippen LogP contribution in [0.5, 0.6) is 0 Å². The van der Waals surface area contributed by atoms with Crippen molar-refractivity contribution >= 4 is 38.5 Å². The summed E-state index contributed by atoms with van der Waals surface area (Å²) in [7, 11) is -4.05. The molecular weight excluding hydrogens is 383 g/mol. The molecule has 0 saturated heterocycles. The normalized spacial score (nSPS) is 12.5. The summed E-state index contributed by atoms with van der Waals surface area (Å²) in [6, 6.07) is 3.76. The lowest BCUT2D eigenvalue weighted by Crippen LogP contribution is -2.30. The van der Waals surface area contributed by atoms with Gasteiger partial charge in [0.05, 0.1) is 10.6 Å². The molecule has 3 heterocycles. The molecule has 7 nitrogen and oxygen atoms in total. The maximum atomic E-state index is 12.6. The Morgan fingerprint density at radius 3 is 2.68 bits per heavy atom. The van der Waals surface area contributed by atoms with Gasteiger partial charge in [-0.1, -0.05) is 11.6 Å². The standard InChI is InChI=1S/C13H9ClF3N5O2S/c14-9-4-7(13(15,16)17)5-19-12(9)21-22-25(23,24)10-6-20-11-8(10)2-1-3-18-11/h1-6,22H,(H,18,20)(H,19,21). The van der Waals surface area contributed by atoms with Gasteiger partial charge in [-0.25, -0.2) is 18.4 Å². The molecule has 0 atom stereocenters. The fourth-order valence-corrected chi connectivity index (χ4v) is 3.23. The minimum absolute atomic E-state index is 0.0915. The number of sulfonamides is 1. The summed E-state index contributed by atoms with van der Waals surface area (Å²) in [6.07, 6.45) is -1.33.